The second-order valence-corrected chi connectivity index (χ2v) is 7.09. The molecule has 29 heavy (non-hydrogen) atoms. The molecule has 1 N–H and O–H groups in total. The Labute approximate surface area is 169 Å². The number of carbonyl (C=O) groups is 3. The molecule has 0 bridgehead atoms. The van der Waals surface area contributed by atoms with Gasteiger partial charge in [-0.1, -0.05) is 0 Å². The second-order valence-electron chi connectivity index (χ2n) is 7.09. The van der Waals surface area contributed by atoms with Gasteiger partial charge in [-0.15, -0.1) is 0 Å². The molecule has 0 saturated carbocycles. The summed E-state index contributed by atoms with van der Waals surface area (Å²) >= 11 is 0. The standard InChI is InChI=1S/C21H26N4O4/c1-3-23(4-2)19(26)15-5-7-16(8-6-15)20(27)24-11-9-18(10-12-24)25-14-17(13-22-25)21(28)29/h5-8,13-14,18H,3-4,9-12H2,1-2H3,(H,28,29). The van der Waals surface area contributed by atoms with Crippen LogP contribution in [0.3, 0.4) is 0 Å². The van der Waals surface area contributed by atoms with E-state index in [0.717, 1.165) is 0 Å². The van der Waals surface area contributed by atoms with Crippen LogP contribution in [0.25, 0.3) is 0 Å². The van der Waals surface area contributed by atoms with Gasteiger partial charge in [-0.2, -0.15) is 5.10 Å². The number of hydrogen-bond donors (Lipinski definition) is 1. The molecule has 1 aromatic heterocycles. The van der Waals surface area contributed by atoms with Gasteiger partial charge in [-0.25, -0.2) is 4.79 Å². The highest BCUT2D eigenvalue weighted by Crippen LogP contribution is 2.23. The predicted molar refractivity (Wildman–Crippen MR) is 107 cm³/mol. The maximum atomic E-state index is 12.8. The van der Waals surface area contributed by atoms with Crippen LogP contribution in [0, 0.1) is 0 Å². The van der Waals surface area contributed by atoms with Crippen molar-refractivity contribution < 1.29 is 19.5 Å². The molecule has 0 unspecified atom stereocenters. The van der Waals surface area contributed by atoms with Crippen molar-refractivity contribution in [1.82, 2.24) is 19.6 Å². The third-order valence-corrected chi connectivity index (χ3v) is 5.40. The highest BCUT2D eigenvalue weighted by atomic mass is 16.4. The van der Waals surface area contributed by atoms with E-state index in [2.05, 4.69) is 5.10 Å². The topological polar surface area (TPSA) is 95.7 Å². The van der Waals surface area contributed by atoms with Gasteiger partial charge in [0, 0.05) is 43.5 Å². The molecule has 1 aromatic carbocycles. The van der Waals surface area contributed by atoms with Crippen LogP contribution in [0.1, 0.15) is 63.8 Å². The minimum atomic E-state index is -0.994. The number of benzene rings is 1. The number of aromatic carboxylic acids is 1. The average molecular weight is 398 g/mol. The fourth-order valence-corrected chi connectivity index (χ4v) is 3.61. The number of nitrogens with zero attached hydrogens (tertiary/aromatic N) is 4. The minimum Gasteiger partial charge on any atom is -0.478 e. The van der Waals surface area contributed by atoms with E-state index in [1.807, 2.05) is 13.8 Å². The van der Waals surface area contributed by atoms with Crippen molar-refractivity contribution in [2.75, 3.05) is 26.2 Å². The van der Waals surface area contributed by atoms with Gasteiger partial charge in [0.1, 0.15) is 0 Å². The van der Waals surface area contributed by atoms with Gasteiger partial charge in [-0.3, -0.25) is 14.3 Å². The molecule has 3 rings (SSSR count). The van der Waals surface area contributed by atoms with Gasteiger partial charge in [0.25, 0.3) is 11.8 Å². The zero-order chi connectivity index (χ0) is 21.0. The van der Waals surface area contributed by atoms with E-state index in [0.29, 0.717) is 50.1 Å². The summed E-state index contributed by atoms with van der Waals surface area (Å²) in [5.41, 5.74) is 1.31. The third kappa shape index (κ3) is 4.47. The lowest BCUT2D eigenvalue weighted by Gasteiger charge is -2.32. The first-order chi connectivity index (χ1) is 13.9. The number of hydrogen-bond acceptors (Lipinski definition) is 4. The summed E-state index contributed by atoms with van der Waals surface area (Å²) in [6.45, 7) is 6.32. The Morgan fingerprint density at radius 2 is 1.62 bits per heavy atom. The first kappa shape index (κ1) is 20.6. The zero-order valence-corrected chi connectivity index (χ0v) is 16.7. The lowest BCUT2D eigenvalue weighted by molar-refractivity contribution is 0.0687. The molecular weight excluding hydrogens is 372 g/mol. The molecule has 2 amide bonds. The molecule has 1 fully saturated rings. The van der Waals surface area contributed by atoms with E-state index in [1.54, 1.807) is 38.7 Å². The van der Waals surface area contributed by atoms with Gasteiger partial charge in [0.2, 0.25) is 0 Å². The fraction of sp³-hybridized carbons (Fsp3) is 0.429. The van der Waals surface area contributed by atoms with Crippen LogP contribution in [0.2, 0.25) is 0 Å². The van der Waals surface area contributed by atoms with Gasteiger partial charge in [0.05, 0.1) is 17.8 Å². The van der Waals surface area contributed by atoms with E-state index in [1.165, 1.54) is 12.4 Å². The van der Waals surface area contributed by atoms with Crippen LogP contribution in [-0.4, -0.2) is 68.6 Å². The Morgan fingerprint density at radius 3 is 2.14 bits per heavy atom. The summed E-state index contributed by atoms with van der Waals surface area (Å²) in [6, 6.07) is 6.91. The summed E-state index contributed by atoms with van der Waals surface area (Å²) in [6.07, 6.45) is 4.31. The lowest BCUT2D eigenvalue weighted by Crippen LogP contribution is -2.39. The molecular formula is C21H26N4O4. The lowest BCUT2D eigenvalue weighted by atomic mass is 10.0. The van der Waals surface area contributed by atoms with Crippen LogP contribution in [0.4, 0.5) is 0 Å². The summed E-state index contributed by atoms with van der Waals surface area (Å²) in [5.74, 6) is -1.08. The molecule has 0 atom stereocenters. The maximum absolute atomic E-state index is 12.8. The molecule has 0 spiro atoms. The molecule has 2 heterocycles. The quantitative estimate of drug-likeness (QED) is 0.807. The number of rotatable bonds is 6. The number of likely N-dealkylation sites (tertiary alicyclic amines) is 1. The van der Waals surface area contributed by atoms with Gasteiger partial charge >= 0.3 is 5.97 Å². The van der Waals surface area contributed by atoms with Crippen LogP contribution in [-0.2, 0) is 0 Å². The molecule has 1 aliphatic heterocycles. The van der Waals surface area contributed by atoms with Crippen molar-refractivity contribution in [3.05, 3.63) is 53.3 Å². The number of carboxylic acid groups (broad SMARTS) is 1. The monoisotopic (exact) mass is 398 g/mol. The molecule has 0 aliphatic carbocycles. The summed E-state index contributed by atoms with van der Waals surface area (Å²) in [5, 5.41) is 13.2. The van der Waals surface area contributed by atoms with Crippen molar-refractivity contribution in [1.29, 1.82) is 0 Å². The van der Waals surface area contributed by atoms with Crippen molar-refractivity contribution in [2.45, 2.75) is 32.7 Å². The SMILES string of the molecule is CCN(CC)C(=O)c1ccc(C(=O)N2CCC(n3cc(C(=O)O)cn3)CC2)cc1. The first-order valence-electron chi connectivity index (χ1n) is 9.90. The molecule has 0 radical (unpaired) electrons. The second kappa shape index (κ2) is 8.89. The Bertz CT molecular complexity index is 878. The highest BCUT2D eigenvalue weighted by molar-refractivity contribution is 5.97. The molecule has 8 heteroatoms. The van der Waals surface area contributed by atoms with Crippen LogP contribution < -0.4 is 0 Å². The van der Waals surface area contributed by atoms with Crippen LogP contribution in [0.5, 0.6) is 0 Å². The van der Waals surface area contributed by atoms with E-state index in [-0.39, 0.29) is 23.4 Å². The predicted octanol–water partition coefficient (Wildman–Crippen LogP) is 2.54. The van der Waals surface area contributed by atoms with Gasteiger partial charge in [-0.05, 0) is 51.0 Å². The Hall–Kier alpha value is -3.16. The number of carbonyl (C=O) groups excluding carboxylic acids is 2. The van der Waals surface area contributed by atoms with Gasteiger partial charge < -0.3 is 14.9 Å². The van der Waals surface area contributed by atoms with Crippen LogP contribution >= 0.6 is 0 Å². The Balaban J connectivity index is 1.60. The van der Waals surface area contributed by atoms with E-state index < -0.39 is 5.97 Å². The number of amides is 2. The van der Waals surface area contributed by atoms with E-state index >= 15 is 0 Å². The van der Waals surface area contributed by atoms with Crippen molar-refractivity contribution >= 4 is 17.8 Å². The smallest absolute Gasteiger partial charge is 0.338 e. The number of carboxylic acids is 1. The molecule has 1 aliphatic rings. The largest absolute Gasteiger partial charge is 0.478 e. The summed E-state index contributed by atoms with van der Waals surface area (Å²) in [4.78, 5) is 39.7. The average Bonchev–Trinajstić information content (AvgIpc) is 3.25. The molecule has 8 nitrogen and oxygen atoms in total. The number of piperidine rings is 1. The van der Waals surface area contributed by atoms with Crippen LogP contribution in [0.15, 0.2) is 36.7 Å². The summed E-state index contributed by atoms with van der Waals surface area (Å²) in [7, 11) is 0. The number of aromatic nitrogens is 2. The molecule has 154 valence electrons. The van der Waals surface area contributed by atoms with Crippen molar-refractivity contribution in [3.63, 3.8) is 0 Å². The molecule has 1 saturated heterocycles. The first-order valence-corrected chi connectivity index (χ1v) is 9.90. The third-order valence-electron chi connectivity index (χ3n) is 5.40. The van der Waals surface area contributed by atoms with E-state index in [4.69, 9.17) is 5.11 Å². The van der Waals surface area contributed by atoms with E-state index in [9.17, 15) is 14.4 Å². The minimum absolute atomic E-state index is 0.0326. The Kier molecular flexibility index (Phi) is 6.31. The van der Waals surface area contributed by atoms with Gasteiger partial charge in [0.15, 0.2) is 0 Å². The maximum Gasteiger partial charge on any atom is 0.338 e. The highest BCUT2D eigenvalue weighted by Gasteiger charge is 2.25. The normalized spacial score (nSPS) is 14.6. The summed E-state index contributed by atoms with van der Waals surface area (Å²) < 4.78 is 1.68. The Morgan fingerprint density at radius 1 is 1.03 bits per heavy atom. The van der Waals surface area contributed by atoms with Crippen molar-refractivity contribution in [3.8, 4) is 0 Å². The zero-order valence-electron chi connectivity index (χ0n) is 16.7. The molecule has 2 aromatic rings. The van der Waals surface area contributed by atoms with Crippen molar-refractivity contribution in [2.24, 2.45) is 0 Å². The fourth-order valence-electron chi connectivity index (χ4n) is 3.61.